The Balaban J connectivity index is 1.28. The average Bonchev–Trinajstić information content (AvgIpc) is 3.62. The first-order chi connectivity index (χ1) is 19.8. The molecule has 3 nitrogen and oxygen atoms in total. The van der Waals surface area contributed by atoms with Crippen molar-refractivity contribution in [1.29, 1.82) is 0 Å². The Bertz CT molecular complexity index is 2080. The molecule has 0 radical (unpaired) electrons. The van der Waals surface area contributed by atoms with Gasteiger partial charge in [0.15, 0.2) is 5.82 Å². The second-order valence-electron chi connectivity index (χ2n) is 9.92. The highest BCUT2D eigenvalue weighted by molar-refractivity contribution is 7.17. The van der Waals surface area contributed by atoms with E-state index in [4.69, 9.17) is 9.97 Å². The molecule has 4 heteroatoms. The van der Waals surface area contributed by atoms with E-state index < -0.39 is 0 Å². The van der Waals surface area contributed by atoms with Gasteiger partial charge in [-0.05, 0) is 65.4 Å². The van der Waals surface area contributed by atoms with Crippen LogP contribution in [-0.2, 0) is 0 Å². The van der Waals surface area contributed by atoms with Crippen LogP contribution in [0.4, 0.5) is 0 Å². The van der Waals surface area contributed by atoms with Gasteiger partial charge in [-0.3, -0.25) is 0 Å². The fourth-order valence-corrected chi connectivity index (χ4v) is 6.36. The molecule has 0 aliphatic heterocycles. The summed E-state index contributed by atoms with van der Waals surface area (Å²) >= 11 is 1.78. The Morgan fingerprint density at radius 1 is 0.500 bits per heavy atom. The summed E-state index contributed by atoms with van der Waals surface area (Å²) in [5.74, 6) is 0.717. The van der Waals surface area contributed by atoms with Gasteiger partial charge in [-0.15, -0.1) is 11.3 Å². The minimum absolute atomic E-state index is 0.717. The number of benzene rings is 5. The number of hydrogen-bond donors (Lipinski definition) is 0. The number of nitrogens with zero attached hydrogens (tertiary/aromatic N) is 3. The lowest BCUT2D eigenvalue weighted by molar-refractivity contribution is 1.16. The number of aromatic nitrogens is 3. The zero-order chi connectivity index (χ0) is 26.5. The van der Waals surface area contributed by atoms with Crippen molar-refractivity contribution in [1.82, 2.24) is 14.5 Å². The highest BCUT2D eigenvalue weighted by atomic mass is 32.1. The van der Waals surface area contributed by atoms with Crippen LogP contribution in [0.25, 0.3) is 71.5 Å². The maximum absolute atomic E-state index is 5.00. The minimum atomic E-state index is 0.717. The highest BCUT2D eigenvalue weighted by Gasteiger charge is 2.15. The van der Waals surface area contributed by atoms with E-state index in [0.29, 0.717) is 5.82 Å². The molecule has 0 fully saturated rings. The van der Waals surface area contributed by atoms with Crippen molar-refractivity contribution < 1.29 is 0 Å². The van der Waals surface area contributed by atoms with Gasteiger partial charge in [0.1, 0.15) is 0 Å². The van der Waals surface area contributed by atoms with E-state index in [9.17, 15) is 0 Å². The molecule has 0 atom stereocenters. The molecule has 0 saturated heterocycles. The largest absolute Gasteiger partial charge is 0.309 e. The average molecular weight is 530 g/mol. The van der Waals surface area contributed by atoms with Gasteiger partial charge in [-0.1, -0.05) is 78.9 Å². The summed E-state index contributed by atoms with van der Waals surface area (Å²) in [6.45, 7) is 0. The van der Waals surface area contributed by atoms with Crippen LogP contribution in [-0.4, -0.2) is 14.5 Å². The smallest absolute Gasteiger partial charge is 0.160 e. The standard InChI is InChI=1S/C36H23N3S/c1-3-9-24(10-4-1)31-22-32(25-11-5-2-6-12-25)38-36(37-31)26-15-17-28(18-16-26)39-33-14-8-7-13-29(33)30-21-27-19-20-40-35(27)23-34(30)39/h1-23H. The van der Waals surface area contributed by atoms with Gasteiger partial charge in [0.05, 0.1) is 22.4 Å². The monoisotopic (exact) mass is 529 g/mol. The maximum atomic E-state index is 5.00. The van der Waals surface area contributed by atoms with Crippen LogP contribution >= 0.6 is 11.3 Å². The van der Waals surface area contributed by atoms with E-state index in [0.717, 1.165) is 33.8 Å². The summed E-state index contributed by atoms with van der Waals surface area (Å²) in [6, 6.07) is 46.8. The third-order valence-electron chi connectivity index (χ3n) is 7.50. The maximum Gasteiger partial charge on any atom is 0.160 e. The van der Waals surface area contributed by atoms with Crippen LogP contribution in [0.15, 0.2) is 139 Å². The molecule has 5 aromatic carbocycles. The lowest BCUT2D eigenvalue weighted by Gasteiger charge is -2.11. The fraction of sp³-hybridized carbons (Fsp3) is 0. The minimum Gasteiger partial charge on any atom is -0.309 e. The summed E-state index contributed by atoms with van der Waals surface area (Å²) in [4.78, 5) is 10.0. The normalized spacial score (nSPS) is 11.5. The predicted molar refractivity (Wildman–Crippen MR) is 168 cm³/mol. The first kappa shape index (κ1) is 22.9. The van der Waals surface area contributed by atoms with Crippen molar-refractivity contribution in [2.75, 3.05) is 0 Å². The van der Waals surface area contributed by atoms with Crippen LogP contribution in [0.2, 0.25) is 0 Å². The van der Waals surface area contributed by atoms with Gasteiger partial charge in [0.25, 0.3) is 0 Å². The molecule has 0 aliphatic carbocycles. The van der Waals surface area contributed by atoms with Gasteiger partial charge < -0.3 is 4.57 Å². The van der Waals surface area contributed by atoms with Crippen LogP contribution in [0, 0.1) is 0 Å². The van der Waals surface area contributed by atoms with E-state index >= 15 is 0 Å². The van der Waals surface area contributed by atoms with Crippen molar-refractivity contribution in [3.05, 3.63) is 139 Å². The molecular formula is C36H23N3S. The highest BCUT2D eigenvalue weighted by Crippen LogP contribution is 2.36. The van der Waals surface area contributed by atoms with Crippen molar-refractivity contribution >= 4 is 43.2 Å². The number of rotatable bonds is 4. The molecule has 0 spiro atoms. The van der Waals surface area contributed by atoms with Gasteiger partial charge in [-0.25, -0.2) is 9.97 Å². The Hall–Kier alpha value is -5.06. The number of thiophene rings is 1. The van der Waals surface area contributed by atoms with Gasteiger partial charge in [-0.2, -0.15) is 0 Å². The summed E-state index contributed by atoms with van der Waals surface area (Å²) in [5.41, 5.74) is 8.50. The summed E-state index contributed by atoms with van der Waals surface area (Å²) < 4.78 is 3.66. The van der Waals surface area contributed by atoms with Crippen molar-refractivity contribution in [2.24, 2.45) is 0 Å². The summed E-state index contributed by atoms with van der Waals surface area (Å²) in [6.07, 6.45) is 0. The topological polar surface area (TPSA) is 30.7 Å². The Kier molecular flexibility index (Phi) is 5.32. The second kappa shape index (κ2) is 9.30. The molecule has 3 aromatic heterocycles. The molecule has 8 rings (SSSR count). The van der Waals surface area contributed by atoms with Crippen LogP contribution in [0.1, 0.15) is 0 Å². The van der Waals surface area contributed by atoms with Crippen molar-refractivity contribution in [3.8, 4) is 39.6 Å². The van der Waals surface area contributed by atoms with Crippen molar-refractivity contribution in [2.45, 2.75) is 0 Å². The van der Waals surface area contributed by atoms with Gasteiger partial charge in [0, 0.05) is 37.9 Å². The quantitative estimate of drug-likeness (QED) is 0.227. The molecular weight excluding hydrogens is 506 g/mol. The molecule has 0 amide bonds. The number of para-hydroxylation sites is 1. The summed E-state index contributed by atoms with van der Waals surface area (Å²) in [5, 5.41) is 6.00. The molecule has 0 saturated carbocycles. The van der Waals surface area contributed by atoms with E-state index in [1.807, 2.05) is 36.4 Å². The van der Waals surface area contributed by atoms with Gasteiger partial charge >= 0.3 is 0 Å². The fourth-order valence-electron chi connectivity index (χ4n) is 5.55. The van der Waals surface area contributed by atoms with Crippen LogP contribution in [0.3, 0.4) is 0 Å². The number of fused-ring (bicyclic) bond motifs is 4. The first-order valence-electron chi connectivity index (χ1n) is 13.3. The zero-order valence-electron chi connectivity index (χ0n) is 21.5. The van der Waals surface area contributed by atoms with Gasteiger partial charge in [0.2, 0.25) is 0 Å². The van der Waals surface area contributed by atoms with E-state index in [1.54, 1.807) is 11.3 Å². The molecule has 188 valence electrons. The van der Waals surface area contributed by atoms with E-state index in [2.05, 4.69) is 107 Å². The predicted octanol–water partition coefficient (Wildman–Crippen LogP) is 9.79. The molecule has 0 unspecified atom stereocenters. The molecule has 0 bridgehead atoms. The Labute approximate surface area is 235 Å². The molecule has 8 aromatic rings. The van der Waals surface area contributed by atoms with Crippen LogP contribution in [0.5, 0.6) is 0 Å². The first-order valence-corrected chi connectivity index (χ1v) is 14.2. The molecule has 40 heavy (non-hydrogen) atoms. The zero-order valence-corrected chi connectivity index (χ0v) is 22.3. The Morgan fingerprint density at radius 3 is 1.85 bits per heavy atom. The Morgan fingerprint density at radius 2 is 1.15 bits per heavy atom. The lowest BCUT2D eigenvalue weighted by atomic mass is 10.1. The number of hydrogen-bond acceptors (Lipinski definition) is 3. The van der Waals surface area contributed by atoms with E-state index in [-0.39, 0.29) is 0 Å². The third kappa shape index (κ3) is 3.81. The van der Waals surface area contributed by atoms with E-state index in [1.165, 1.54) is 31.9 Å². The lowest BCUT2D eigenvalue weighted by Crippen LogP contribution is -1.97. The summed E-state index contributed by atoms with van der Waals surface area (Å²) in [7, 11) is 0. The van der Waals surface area contributed by atoms with Crippen molar-refractivity contribution in [3.63, 3.8) is 0 Å². The third-order valence-corrected chi connectivity index (χ3v) is 8.38. The van der Waals surface area contributed by atoms with Crippen LogP contribution < -0.4 is 0 Å². The second-order valence-corrected chi connectivity index (χ2v) is 10.9. The molecule has 0 aliphatic rings. The SMILES string of the molecule is c1ccc(-c2cc(-c3ccccc3)nc(-c3ccc(-n4c5ccccc5c5cc6ccsc6cc54)cc3)n2)cc1. The molecule has 3 heterocycles. The molecule has 0 N–H and O–H groups in total.